The van der Waals surface area contributed by atoms with Gasteiger partial charge in [0, 0.05) is 6.07 Å². The molecule has 2 rings (SSSR count). The molecule has 0 bridgehead atoms. The molecule has 2 nitrogen and oxygen atoms in total. The van der Waals surface area contributed by atoms with Crippen molar-refractivity contribution in [3.63, 3.8) is 0 Å². The van der Waals surface area contributed by atoms with E-state index in [4.69, 9.17) is 9.47 Å². The first-order valence-electron chi connectivity index (χ1n) is 3.99. The highest BCUT2D eigenvalue weighted by Gasteiger charge is 2.23. The summed E-state index contributed by atoms with van der Waals surface area (Å²) in [6.45, 7) is 3.42. The van der Waals surface area contributed by atoms with Gasteiger partial charge in [0.05, 0.1) is 6.61 Å². The van der Waals surface area contributed by atoms with Crippen molar-refractivity contribution in [3.8, 4) is 5.75 Å². The van der Waals surface area contributed by atoms with Crippen molar-refractivity contribution in [2.24, 2.45) is 0 Å². The third-order valence-electron chi connectivity index (χ3n) is 1.75. The molecule has 1 aliphatic rings. The molecule has 1 aliphatic heterocycles. The minimum absolute atomic E-state index is 0.304. The van der Waals surface area contributed by atoms with Crippen molar-refractivity contribution in [1.82, 2.24) is 0 Å². The summed E-state index contributed by atoms with van der Waals surface area (Å²) < 4.78 is 10.5. The van der Waals surface area contributed by atoms with Crippen molar-refractivity contribution in [2.45, 2.75) is 13.0 Å². The smallest absolute Gasteiger partial charge is 0.130 e. The van der Waals surface area contributed by atoms with Crippen LogP contribution in [0.4, 0.5) is 0 Å². The predicted molar refractivity (Wildman–Crippen MR) is 44.1 cm³/mol. The molecule has 0 saturated carbocycles. The number of hydrogen-bond donors (Lipinski definition) is 0. The van der Waals surface area contributed by atoms with Gasteiger partial charge in [0.1, 0.15) is 18.5 Å². The fourth-order valence-electron chi connectivity index (χ4n) is 0.948. The number of rotatable bonds is 3. The molecule has 0 amide bonds. The lowest BCUT2D eigenvalue weighted by Crippen LogP contribution is -2.04. The maximum absolute atomic E-state index is 5.45. The summed E-state index contributed by atoms with van der Waals surface area (Å²) in [6, 6.07) is 9.69. The summed E-state index contributed by atoms with van der Waals surface area (Å²) in [7, 11) is 0. The first kappa shape index (κ1) is 7.62. The van der Waals surface area contributed by atoms with Gasteiger partial charge < -0.3 is 9.47 Å². The Balaban J connectivity index is 1.96. The first-order chi connectivity index (χ1) is 5.86. The van der Waals surface area contributed by atoms with Gasteiger partial charge in [-0.1, -0.05) is 6.07 Å². The van der Waals surface area contributed by atoms with Gasteiger partial charge in [-0.05, 0) is 24.6 Å². The average molecular weight is 162 g/mol. The summed E-state index contributed by atoms with van der Waals surface area (Å²) in [5.41, 5.74) is 0.998. The Hall–Kier alpha value is -1.02. The van der Waals surface area contributed by atoms with Crippen molar-refractivity contribution in [3.05, 3.63) is 29.8 Å². The third-order valence-corrected chi connectivity index (χ3v) is 1.75. The Labute approximate surface area is 72.1 Å². The molecule has 0 spiro atoms. The Morgan fingerprint density at radius 3 is 3.00 bits per heavy atom. The second-order valence-corrected chi connectivity index (χ2v) is 2.84. The largest absolute Gasteiger partial charge is 0.490 e. The van der Waals surface area contributed by atoms with Crippen molar-refractivity contribution in [2.75, 3.05) is 13.2 Å². The van der Waals surface area contributed by atoms with E-state index in [0.717, 1.165) is 17.9 Å². The summed E-state index contributed by atoms with van der Waals surface area (Å²) in [5.74, 6) is 0.785. The van der Waals surface area contributed by atoms with Crippen molar-refractivity contribution < 1.29 is 9.47 Å². The van der Waals surface area contributed by atoms with E-state index in [9.17, 15) is 0 Å². The maximum atomic E-state index is 5.45. The zero-order chi connectivity index (χ0) is 8.39. The van der Waals surface area contributed by atoms with Crippen LogP contribution in [0.15, 0.2) is 12.1 Å². The first-order valence-corrected chi connectivity index (χ1v) is 3.99. The zero-order valence-electron chi connectivity index (χ0n) is 6.96. The maximum Gasteiger partial charge on any atom is 0.130 e. The van der Waals surface area contributed by atoms with Crippen LogP contribution in [0.25, 0.3) is 0 Å². The monoisotopic (exact) mass is 162 g/mol. The molecule has 1 saturated heterocycles. The van der Waals surface area contributed by atoms with Gasteiger partial charge in [-0.25, -0.2) is 0 Å². The molecule has 1 unspecified atom stereocenters. The molecule has 2 heteroatoms. The standard InChI is InChI=1S/C10H10O2/c1-8-4-2-3-5-10(8)12-7-9-6-11-9/h2-3,9H,6-7H2,1H3. The summed E-state index contributed by atoms with van der Waals surface area (Å²) in [4.78, 5) is 0. The van der Waals surface area contributed by atoms with E-state index in [1.54, 1.807) is 6.07 Å². The number of ether oxygens (including phenoxy) is 2. The van der Waals surface area contributed by atoms with Gasteiger partial charge >= 0.3 is 0 Å². The number of benzene rings is 1. The molecular weight excluding hydrogens is 152 g/mol. The van der Waals surface area contributed by atoms with Gasteiger partial charge in [0.2, 0.25) is 0 Å². The van der Waals surface area contributed by atoms with Crippen LogP contribution < -0.4 is 4.74 Å². The van der Waals surface area contributed by atoms with E-state index in [1.165, 1.54) is 0 Å². The molecule has 62 valence electrons. The Morgan fingerprint density at radius 1 is 1.58 bits per heavy atom. The lowest BCUT2D eigenvalue weighted by Gasteiger charge is -2.05. The molecule has 1 atom stereocenters. The number of hydrogen-bond acceptors (Lipinski definition) is 2. The molecule has 0 aromatic heterocycles. The molecule has 12 heavy (non-hydrogen) atoms. The third kappa shape index (κ3) is 1.77. The second kappa shape index (κ2) is 3.15. The highest BCUT2D eigenvalue weighted by molar-refractivity contribution is 5.29. The van der Waals surface area contributed by atoms with E-state index >= 15 is 0 Å². The van der Waals surface area contributed by atoms with Crippen LogP contribution in [0.3, 0.4) is 0 Å². The molecule has 1 aromatic carbocycles. The molecular formula is C10H10O2. The topological polar surface area (TPSA) is 21.8 Å². The highest BCUT2D eigenvalue weighted by atomic mass is 16.6. The molecule has 0 aliphatic carbocycles. The van der Waals surface area contributed by atoms with Crippen molar-refractivity contribution in [1.29, 1.82) is 0 Å². The Bertz CT molecular complexity index is 266. The number of epoxide rings is 1. The lowest BCUT2D eigenvalue weighted by molar-refractivity contribution is 0.261. The van der Waals surface area contributed by atoms with Crippen LogP contribution >= 0.6 is 0 Å². The summed E-state index contributed by atoms with van der Waals surface area (Å²) in [5, 5.41) is 0. The van der Waals surface area contributed by atoms with Gasteiger partial charge in [0.15, 0.2) is 0 Å². The van der Waals surface area contributed by atoms with E-state index in [0.29, 0.717) is 12.7 Å². The van der Waals surface area contributed by atoms with Gasteiger partial charge in [-0.3, -0.25) is 0 Å². The van der Waals surface area contributed by atoms with E-state index in [-0.39, 0.29) is 0 Å². The summed E-state index contributed by atoms with van der Waals surface area (Å²) >= 11 is 0. The fourth-order valence-corrected chi connectivity index (χ4v) is 0.948. The van der Waals surface area contributed by atoms with Gasteiger partial charge in [-0.2, -0.15) is 0 Å². The van der Waals surface area contributed by atoms with Crippen LogP contribution in [0.5, 0.6) is 5.75 Å². The van der Waals surface area contributed by atoms with Crippen LogP contribution in [0, 0.1) is 19.1 Å². The van der Waals surface area contributed by atoms with Crippen LogP contribution in [-0.2, 0) is 4.74 Å². The molecule has 2 radical (unpaired) electrons. The van der Waals surface area contributed by atoms with Gasteiger partial charge in [0.25, 0.3) is 0 Å². The normalized spacial score (nSPS) is 20.6. The SMILES string of the molecule is Cc1[c]cc[c]c1OCC1CO1. The minimum Gasteiger partial charge on any atom is -0.490 e. The van der Waals surface area contributed by atoms with E-state index < -0.39 is 0 Å². The molecule has 1 heterocycles. The molecule has 1 aromatic rings. The highest BCUT2D eigenvalue weighted by Crippen LogP contribution is 2.17. The van der Waals surface area contributed by atoms with E-state index in [2.05, 4.69) is 12.1 Å². The van der Waals surface area contributed by atoms with Crippen LogP contribution in [0.2, 0.25) is 0 Å². The number of aryl methyl sites for hydroxylation is 1. The van der Waals surface area contributed by atoms with E-state index in [1.807, 2.05) is 13.0 Å². The Kier molecular flexibility index (Phi) is 2.00. The minimum atomic E-state index is 0.304. The molecule has 1 fully saturated rings. The van der Waals surface area contributed by atoms with Gasteiger partial charge in [-0.15, -0.1) is 0 Å². The molecule has 0 N–H and O–H groups in total. The van der Waals surface area contributed by atoms with Crippen LogP contribution in [-0.4, -0.2) is 19.3 Å². The predicted octanol–water partition coefficient (Wildman–Crippen LogP) is 1.37. The van der Waals surface area contributed by atoms with Crippen LogP contribution in [0.1, 0.15) is 5.56 Å². The lowest BCUT2D eigenvalue weighted by atomic mass is 10.2. The van der Waals surface area contributed by atoms with Crippen molar-refractivity contribution >= 4 is 0 Å². The zero-order valence-corrected chi connectivity index (χ0v) is 6.96. The Morgan fingerprint density at radius 2 is 2.33 bits per heavy atom. The fraction of sp³-hybridized carbons (Fsp3) is 0.400. The average Bonchev–Trinajstić information content (AvgIpc) is 2.86. The quantitative estimate of drug-likeness (QED) is 0.626. The summed E-state index contributed by atoms with van der Waals surface area (Å²) in [6.07, 6.45) is 0.304. The second-order valence-electron chi connectivity index (χ2n) is 2.84.